The van der Waals surface area contributed by atoms with Crippen LogP contribution in [0.25, 0.3) is 11.0 Å². The van der Waals surface area contributed by atoms with Crippen molar-refractivity contribution >= 4 is 22.7 Å². The lowest BCUT2D eigenvalue weighted by Crippen LogP contribution is -2.30. The third-order valence-electron chi connectivity index (χ3n) is 3.43. The van der Waals surface area contributed by atoms with Gasteiger partial charge in [0.05, 0.1) is 0 Å². The molecule has 4 heteroatoms. The Labute approximate surface area is 103 Å². The fourth-order valence-corrected chi connectivity index (χ4v) is 3.58. The molecule has 17 heavy (non-hydrogen) atoms. The average Bonchev–Trinajstić information content (AvgIpc) is 2.84. The molecule has 1 N–H and O–H groups in total. The van der Waals surface area contributed by atoms with Crippen LogP contribution in [0.1, 0.15) is 19.1 Å². The van der Waals surface area contributed by atoms with E-state index in [2.05, 4.69) is 0 Å². The van der Waals surface area contributed by atoms with Crippen LogP contribution in [-0.4, -0.2) is 16.1 Å². The lowest BCUT2D eigenvalue weighted by Gasteiger charge is -2.23. The molecule has 1 aliphatic rings. The van der Waals surface area contributed by atoms with Gasteiger partial charge in [-0.05, 0) is 36.4 Å². The first-order chi connectivity index (χ1) is 8.09. The van der Waals surface area contributed by atoms with E-state index in [1.807, 2.05) is 6.92 Å². The number of fused-ring (bicyclic) bond motifs is 1. The molecule has 0 saturated carbocycles. The third kappa shape index (κ3) is 1.67. The van der Waals surface area contributed by atoms with Gasteiger partial charge in [0.25, 0.3) is 0 Å². The van der Waals surface area contributed by atoms with E-state index in [0.29, 0.717) is 23.2 Å². The SMILES string of the molecule is CC1SCCC1(O)c1cc2cc(F)ccc2o1. The number of furan rings is 1. The zero-order valence-electron chi connectivity index (χ0n) is 9.44. The van der Waals surface area contributed by atoms with Gasteiger partial charge >= 0.3 is 0 Å². The summed E-state index contributed by atoms with van der Waals surface area (Å²) in [6.07, 6.45) is 0.682. The molecule has 2 unspecified atom stereocenters. The average molecular weight is 252 g/mol. The maximum Gasteiger partial charge on any atom is 0.138 e. The minimum atomic E-state index is -0.917. The fourth-order valence-electron chi connectivity index (χ4n) is 2.28. The normalized spacial score (nSPS) is 29.0. The first kappa shape index (κ1) is 11.1. The van der Waals surface area contributed by atoms with E-state index in [1.165, 1.54) is 12.1 Å². The summed E-state index contributed by atoms with van der Waals surface area (Å²) in [5.41, 5.74) is -0.293. The van der Waals surface area contributed by atoms with E-state index in [0.717, 1.165) is 5.75 Å². The summed E-state index contributed by atoms with van der Waals surface area (Å²) in [4.78, 5) is 0. The van der Waals surface area contributed by atoms with Crippen molar-refractivity contribution in [1.29, 1.82) is 0 Å². The number of rotatable bonds is 1. The molecule has 0 radical (unpaired) electrons. The lowest BCUT2D eigenvalue weighted by molar-refractivity contribution is 0.0220. The molecule has 0 amide bonds. The monoisotopic (exact) mass is 252 g/mol. The summed E-state index contributed by atoms with van der Waals surface area (Å²) in [6.45, 7) is 1.99. The molecule has 2 nitrogen and oxygen atoms in total. The van der Waals surface area contributed by atoms with Crippen LogP contribution in [0.4, 0.5) is 4.39 Å². The molecular weight excluding hydrogens is 239 g/mol. The Morgan fingerprint density at radius 2 is 2.29 bits per heavy atom. The third-order valence-corrected chi connectivity index (χ3v) is 4.76. The van der Waals surface area contributed by atoms with Crippen LogP contribution < -0.4 is 0 Å². The largest absolute Gasteiger partial charge is 0.458 e. The molecule has 3 rings (SSSR count). The zero-order valence-corrected chi connectivity index (χ0v) is 10.3. The molecule has 90 valence electrons. The van der Waals surface area contributed by atoms with Gasteiger partial charge in [-0.25, -0.2) is 4.39 Å². The predicted molar refractivity (Wildman–Crippen MR) is 66.6 cm³/mol. The van der Waals surface area contributed by atoms with E-state index in [9.17, 15) is 9.50 Å². The Bertz CT molecular complexity index is 566. The second-order valence-corrected chi connectivity index (χ2v) is 5.93. The van der Waals surface area contributed by atoms with Crippen molar-refractivity contribution in [2.24, 2.45) is 0 Å². The molecule has 2 heterocycles. The molecule has 0 aliphatic carbocycles. The quantitative estimate of drug-likeness (QED) is 0.845. The molecular formula is C13H13FO2S. The summed E-state index contributed by atoms with van der Waals surface area (Å²) in [5.74, 6) is 1.18. The minimum absolute atomic E-state index is 0.105. The maximum atomic E-state index is 13.1. The van der Waals surface area contributed by atoms with Gasteiger partial charge in [0.2, 0.25) is 0 Å². The zero-order chi connectivity index (χ0) is 12.0. The van der Waals surface area contributed by atoms with E-state index < -0.39 is 5.60 Å². The number of benzene rings is 1. The number of halogens is 1. The van der Waals surface area contributed by atoms with Gasteiger partial charge in [-0.15, -0.1) is 0 Å². The topological polar surface area (TPSA) is 33.4 Å². The van der Waals surface area contributed by atoms with Crippen molar-refractivity contribution in [1.82, 2.24) is 0 Å². The van der Waals surface area contributed by atoms with Crippen LogP contribution in [0.5, 0.6) is 0 Å². The summed E-state index contributed by atoms with van der Waals surface area (Å²) < 4.78 is 18.7. The van der Waals surface area contributed by atoms with Crippen molar-refractivity contribution in [2.75, 3.05) is 5.75 Å². The molecule has 1 aromatic heterocycles. The Kier molecular flexibility index (Phi) is 2.45. The van der Waals surface area contributed by atoms with Gasteiger partial charge in [0.15, 0.2) is 0 Å². The highest BCUT2D eigenvalue weighted by molar-refractivity contribution is 8.00. The van der Waals surface area contributed by atoms with Crippen LogP contribution in [-0.2, 0) is 5.60 Å². The molecule has 1 aliphatic heterocycles. The highest BCUT2D eigenvalue weighted by atomic mass is 32.2. The predicted octanol–water partition coefficient (Wildman–Crippen LogP) is 3.28. The second kappa shape index (κ2) is 3.75. The van der Waals surface area contributed by atoms with Gasteiger partial charge in [-0.2, -0.15) is 11.8 Å². The van der Waals surface area contributed by atoms with E-state index >= 15 is 0 Å². The lowest BCUT2D eigenvalue weighted by atomic mass is 9.94. The van der Waals surface area contributed by atoms with Crippen molar-refractivity contribution in [3.05, 3.63) is 35.8 Å². The van der Waals surface area contributed by atoms with Gasteiger partial charge < -0.3 is 9.52 Å². The molecule has 1 aromatic carbocycles. The van der Waals surface area contributed by atoms with Gasteiger partial charge in [-0.1, -0.05) is 6.92 Å². The van der Waals surface area contributed by atoms with Crippen LogP contribution in [0.15, 0.2) is 28.7 Å². The van der Waals surface area contributed by atoms with Gasteiger partial charge in [-0.3, -0.25) is 0 Å². The van der Waals surface area contributed by atoms with Crippen LogP contribution in [0, 0.1) is 5.82 Å². The highest BCUT2D eigenvalue weighted by Crippen LogP contribution is 2.44. The molecule has 1 fully saturated rings. The Morgan fingerprint density at radius 1 is 1.47 bits per heavy atom. The van der Waals surface area contributed by atoms with Crippen molar-refractivity contribution in [3.63, 3.8) is 0 Å². The summed E-state index contributed by atoms with van der Waals surface area (Å²) in [6, 6.07) is 6.15. The first-order valence-corrected chi connectivity index (χ1v) is 6.68. The summed E-state index contributed by atoms with van der Waals surface area (Å²) in [5, 5.41) is 11.4. The van der Waals surface area contributed by atoms with Crippen molar-refractivity contribution < 1.29 is 13.9 Å². The first-order valence-electron chi connectivity index (χ1n) is 5.63. The Morgan fingerprint density at radius 3 is 3.00 bits per heavy atom. The molecule has 2 aromatic rings. The van der Waals surface area contributed by atoms with Crippen molar-refractivity contribution in [3.8, 4) is 0 Å². The number of hydrogen-bond acceptors (Lipinski definition) is 3. The molecule has 0 spiro atoms. The molecule has 0 bridgehead atoms. The smallest absolute Gasteiger partial charge is 0.138 e. The molecule has 1 saturated heterocycles. The van der Waals surface area contributed by atoms with Gasteiger partial charge in [0.1, 0.15) is 22.8 Å². The van der Waals surface area contributed by atoms with E-state index in [-0.39, 0.29) is 11.1 Å². The van der Waals surface area contributed by atoms with E-state index in [1.54, 1.807) is 23.9 Å². The number of aliphatic hydroxyl groups is 1. The van der Waals surface area contributed by atoms with E-state index in [4.69, 9.17) is 4.42 Å². The highest BCUT2D eigenvalue weighted by Gasteiger charge is 2.43. The number of hydrogen-bond donors (Lipinski definition) is 1. The van der Waals surface area contributed by atoms with Gasteiger partial charge in [0, 0.05) is 10.6 Å². The molecule has 2 atom stereocenters. The summed E-state index contributed by atoms with van der Waals surface area (Å²) >= 11 is 1.73. The second-order valence-electron chi connectivity index (χ2n) is 4.48. The van der Waals surface area contributed by atoms with Crippen molar-refractivity contribution in [2.45, 2.75) is 24.2 Å². The number of thioether (sulfide) groups is 1. The Balaban J connectivity index is 2.12. The fraction of sp³-hybridized carbons (Fsp3) is 0.385. The standard InChI is InChI=1S/C13H13FO2S/c1-8-13(15,4-5-17-8)12-7-9-6-10(14)2-3-11(9)16-12/h2-3,6-8,15H,4-5H2,1H3. The Hall–Kier alpha value is -1.00. The van der Waals surface area contributed by atoms with Crippen LogP contribution >= 0.6 is 11.8 Å². The van der Waals surface area contributed by atoms with Crippen LogP contribution in [0.2, 0.25) is 0 Å². The minimum Gasteiger partial charge on any atom is -0.458 e. The maximum absolute atomic E-state index is 13.1. The summed E-state index contributed by atoms with van der Waals surface area (Å²) in [7, 11) is 0. The van der Waals surface area contributed by atoms with Crippen LogP contribution in [0.3, 0.4) is 0 Å².